The van der Waals surface area contributed by atoms with Gasteiger partial charge < -0.3 is 9.80 Å². The summed E-state index contributed by atoms with van der Waals surface area (Å²) in [5.74, 6) is 2.08. The molecule has 2 aromatic carbocycles. The van der Waals surface area contributed by atoms with Gasteiger partial charge in [-0.25, -0.2) is 14.6 Å². The Morgan fingerprint density at radius 2 is 1.71 bits per heavy atom. The number of amides is 1. The average molecular weight is 533 g/mol. The summed E-state index contributed by atoms with van der Waals surface area (Å²) in [7, 11) is 0. The van der Waals surface area contributed by atoms with E-state index in [1.165, 1.54) is 0 Å². The third-order valence-electron chi connectivity index (χ3n) is 6.55. The molecule has 0 bridgehead atoms. The Morgan fingerprint density at radius 1 is 1.00 bits per heavy atom. The number of fused-ring (bicyclic) bond motifs is 1. The Bertz CT molecular complexity index is 1310. The fourth-order valence-electron chi connectivity index (χ4n) is 4.59. The highest BCUT2D eigenvalue weighted by molar-refractivity contribution is 9.10. The number of aromatic nitrogens is 4. The molecular formula is C27H29BrN6O. The zero-order chi connectivity index (χ0) is 24.4. The molecule has 8 heteroatoms. The number of para-hydroxylation sites is 1. The average Bonchev–Trinajstić information content (AvgIpc) is 3.33. The van der Waals surface area contributed by atoms with Gasteiger partial charge in [0, 0.05) is 42.1 Å². The molecule has 0 unspecified atom stereocenters. The maximum absolute atomic E-state index is 13.0. The highest BCUT2D eigenvalue weighted by Crippen LogP contribution is 2.30. The minimum atomic E-state index is 0.0686. The Balaban J connectivity index is 1.45. The van der Waals surface area contributed by atoms with E-state index in [0.717, 1.165) is 45.7 Å². The van der Waals surface area contributed by atoms with Gasteiger partial charge in [0.25, 0.3) is 5.91 Å². The van der Waals surface area contributed by atoms with Crippen molar-refractivity contribution >= 4 is 38.7 Å². The molecule has 1 amide bonds. The van der Waals surface area contributed by atoms with Crippen molar-refractivity contribution in [2.24, 2.45) is 0 Å². The van der Waals surface area contributed by atoms with Gasteiger partial charge in [-0.1, -0.05) is 54.4 Å². The van der Waals surface area contributed by atoms with Crippen molar-refractivity contribution in [3.05, 3.63) is 76.7 Å². The van der Waals surface area contributed by atoms with Crippen LogP contribution in [0, 0.1) is 0 Å². The van der Waals surface area contributed by atoms with Crippen molar-refractivity contribution in [2.75, 3.05) is 31.1 Å². The van der Waals surface area contributed by atoms with E-state index in [1.54, 1.807) is 0 Å². The molecule has 1 aliphatic heterocycles. The smallest absolute Gasteiger partial charge is 0.253 e. The Morgan fingerprint density at radius 3 is 2.40 bits per heavy atom. The summed E-state index contributed by atoms with van der Waals surface area (Å²) in [6, 6.07) is 17.6. The van der Waals surface area contributed by atoms with Crippen LogP contribution in [0.2, 0.25) is 0 Å². The lowest BCUT2D eigenvalue weighted by atomic mass is 10.1. The van der Waals surface area contributed by atoms with Gasteiger partial charge in [0.1, 0.15) is 11.6 Å². The highest BCUT2D eigenvalue weighted by Gasteiger charge is 2.26. The summed E-state index contributed by atoms with van der Waals surface area (Å²) in [5, 5.41) is 5.62. The van der Waals surface area contributed by atoms with Crippen LogP contribution in [-0.4, -0.2) is 56.7 Å². The lowest BCUT2D eigenvalue weighted by Crippen LogP contribution is -2.49. The number of hydrogen-bond donors (Lipinski definition) is 0. The van der Waals surface area contributed by atoms with Crippen molar-refractivity contribution in [1.82, 2.24) is 24.6 Å². The van der Waals surface area contributed by atoms with Gasteiger partial charge >= 0.3 is 0 Å². The number of hydrogen-bond acceptors (Lipinski definition) is 5. The molecule has 5 rings (SSSR count). The van der Waals surface area contributed by atoms with Gasteiger partial charge in [-0.2, -0.15) is 5.10 Å². The highest BCUT2D eigenvalue weighted by atomic mass is 79.9. The second kappa shape index (κ2) is 10.2. The first-order chi connectivity index (χ1) is 17.0. The summed E-state index contributed by atoms with van der Waals surface area (Å²) in [4.78, 5) is 27.2. The van der Waals surface area contributed by atoms with E-state index < -0.39 is 0 Å². The SMILES string of the molecule is CCC[C@H](C)c1nc(N2CCN(C(=O)c3ccc(Br)cc3)CC2)c2cnn(-c3ccccc3)c2n1. The molecule has 35 heavy (non-hydrogen) atoms. The monoisotopic (exact) mass is 532 g/mol. The topological polar surface area (TPSA) is 67.2 Å². The number of nitrogens with zero attached hydrogens (tertiary/aromatic N) is 6. The molecule has 0 radical (unpaired) electrons. The first-order valence-electron chi connectivity index (χ1n) is 12.2. The van der Waals surface area contributed by atoms with Crippen LogP contribution in [0.3, 0.4) is 0 Å². The molecule has 4 aromatic rings. The van der Waals surface area contributed by atoms with Crippen LogP contribution >= 0.6 is 15.9 Å². The molecule has 1 atom stereocenters. The molecule has 1 fully saturated rings. The number of halogens is 1. The molecule has 0 N–H and O–H groups in total. The maximum atomic E-state index is 13.0. The number of benzene rings is 2. The number of piperazine rings is 1. The Kier molecular flexibility index (Phi) is 6.81. The van der Waals surface area contributed by atoms with Crippen LogP contribution in [0.15, 0.2) is 65.3 Å². The van der Waals surface area contributed by atoms with Crippen molar-refractivity contribution < 1.29 is 4.79 Å². The molecule has 1 saturated heterocycles. The summed E-state index contributed by atoms with van der Waals surface area (Å²) in [6.07, 6.45) is 3.97. The number of rotatable bonds is 6. The summed E-state index contributed by atoms with van der Waals surface area (Å²) >= 11 is 3.44. The first-order valence-corrected chi connectivity index (χ1v) is 13.0. The third-order valence-corrected chi connectivity index (χ3v) is 7.08. The van der Waals surface area contributed by atoms with Gasteiger partial charge in [0.15, 0.2) is 5.65 Å². The van der Waals surface area contributed by atoms with Crippen molar-refractivity contribution in [2.45, 2.75) is 32.6 Å². The second-order valence-electron chi connectivity index (χ2n) is 9.01. The van der Waals surface area contributed by atoms with Gasteiger partial charge in [0.05, 0.1) is 17.3 Å². The van der Waals surface area contributed by atoms with Crippen LogP contribution in [0.4, 0.5) is 5.82 Å². The zero-order valence-electron chi connectivity index (χ0n) is 20.1. The predicted molar refractivity (Wildman–Crippen MR) is 142 cm³/mol. The molecule has 1 aliphatic rings. The second-order valence-corrected chi connectivity index (χ2v) is 9.93. The minimum absolute atomic E-state index is 0.0686. The van der Waals surface area contributed by atoms with Gasteiger partial charge in [-0.05, 0) is 42.8 Å². The molecule has 2 aromatic heterocycles. The lowest BCUT2D eigenvalue weighted by molar-refractivity contribution is 0.0746. The quantitative estimate of drug-likeness (QED) is 0.330. The lowest BCUT2D eigenvalue weighted by Gasteiger charge is -2.36. The van der Waals surface area contributed by atoms with E-state index in [-0.39, 0.29) is 11.8 Å². The molecular weight excluding hydrogens is 504 g/mol. The van der Waals surface area contributed by atoms with Crippen LogP contribution in [0.5, 0.6) is 0 Å². The minimum Gasteiger partial charge on any atom is -0.352 e. The largest absolute Gasteiger partial charge is 0.352 e. The Labute approximate surface area is 213 Å². The number of carbonyl (C=O) groups is 1. The van der Waals surface area contributed by atoms with Crippen LogP contribution in [-0.2, 0) is 0 Å². The summed E-state index contributed by atoms with van der Waals surface area (Å²) < 4.78 is 2.87. The zero-order valence-corrected chi connectivity index (χ0v) is 21.6. The van der Waals surface area contributed by atoms with E-state index in [9.17, 15) is 4.79 Å². The van der Waals surface area contributed by atoms with Gasteiger partial charge in [-0.15, -0.1) is 0 Å². The fraction of sp³-hybridized carbons (Fsp3) is 0.333. The van der Waals surface area contributed by atoms with Crippen molar-refractivity contribution in [3.8, 4) is 5.69 Å². The van der Waals surface area contributed by atoms with E-state index in [1.807, 2.05) is 70.4 Å². The predicted octanol–water partition coefficient (Wildman–Crippen LogP) is 5.44. The molecule has 7 nitrogen and oxygen atoms in total. The molecule has 0 aliphatic carbocycles. The number of carbonyl (C=O) groups excluding carboxylic acids is 1. The van der Waals surface area contributed by atoms with E-state index in [0.29, 0.717) is 31.7 Å². The molecule has 180 valence electrons. The van der Waals surface area contributed by atoms with Crippen molar-refractivity contribution in [3.63, 3.8) is 0 Å². The van der Waals surface area contributed by atoms with E-state index in [2.05, 4.69) is 39.8 Å². The third kappa shape index (κ3) is 4.80. The number of anilines is 1. The first kappa shape index (κ1) is 23.5. The summed E-state index contributed by atoms with van der Waals surface area (Å²) in [6.45, 7) is 7.09. The summed E-state index contributed by atoms with van der Waals surface area (Å²) in [5.41, 5.74) is 2.52. The van der Waals surface area contributed by atoms with E-state index in [4.69, 9.17) is 9.97 Å². The fourth-order valence-corrected chi connectivity index (χ4v) is 4.85. The molecule has 0 saturated carbocycles. The maximum Gasteiger partial charge on any atom is 0.253 e. The molecule has 0 spiro atoms. The normalized spacial score (nSPS) is 14.9. The van der Waals surface area contributed by atoms with E-state index >= 15 is 0 Å². The van der Waals surface area contributed by atoms with Gasteiger partial charge in [0.2, 0.25) is 0 Å². The van der Waals surface area contributed by atoms with Crippen LogP contribution < -0.4 is 4.90 Å². The molecule has 3 heterocycles. The standard InChI is InChI=1S/C27H29BrN6O/c1-3-7-19(2)24-30-25(23-18-29-34(26(23)31-24)22-8-5-4-6-9-22)32-14-16-33(17-15-32)27(35)20-10-12-21(28)13-11-20/h4-6,8-13,18-19H,3,7,14-17H2,1-2H3/t19-/m0/s1. The van der Waals surface area contributed by atoms with Crippen LogP contribution in [0.25, 0.3) is 16.7 Å². The Hall–Kier alpha value is -3.26. The van der Waals surface area contributed by atoms with Crippen LogP contribution in [0.1, 0.15) is 48.8 Å². The van der Waals surface area contributed by atoms with Gasteiger partial charge in [-0.3, -0.25) is 4.79 Å². The van der Waals surface area contributed by atoms with Crippen molar-refractivity contribution in [1.29, 1.82) is 0 Å².